The average molecular weight is 323 g/mol. The first-order valence-corrected chi connectivity index (χ1v) is 9.41. The summed E-state index contributed by atoms with van der Waals surface area (Å²) in [5, 5.41) is -0.571. The van der Waals surface area contributed by atoms with Crippen molar-refractivity contribution in [2.75, 3.05) is 13.1 Å². The van der Waals surface area contributed by atoms with Gasteiger partial charge in [0.15, 0.2) is 9.84 Å². The van der Waals surface area contributed by atoms with Crippen LogP contribution >= 0.6 is 0 Å². The Bertz CT molecular complexity index is 636. The van der Waals surface area contributed by atoms with Crippen molar-refractivity contribution in [2.45, 2.75) is 42.6 Å². The Balaban J connectivity index is 1.53. The van der Waals surface area contributed by atoms with E-state index in [-0.39, 0.29) is 16.4 Å². The minimum absolute atomic E-state index is 0.161. The highest BCUT2D eigenvalue weighted by Crippen LogP contribution is 2.29. The van der Waals surface area contributed by atoms with Crippen molar-refractivity contribution in [3.63, 3.8) is 0 Å². The zero-order chi connectivity index (χ0) is 15.6. The van der Waals surface area contributed by atoms with Crippen LogP contribution in [0.1, 0.15) is 37.9 Å². The minimum atomic E-state index is -3.09. The molecule has 0 N–H and O–H groups in total. The van der Waals surface area contributed by atoms with Crippen molar-refractivity contribution in [1.29, 1.82) is 0 Å². The average Bonchev–Trinajstić information content (AvgIpc) is 2.97. The fourth-order valence-electron chi connectivity index (χ4n) is 3.14. The normalized spacial score (nSPS) is 21.2. The molecule has 0 spiro atoms. The lowest BCUT2D eigenvalue weighted by atomic mass is 10.0. The lowest BCUT2D eigenvalue weighted by Gasteiger charge is -2.40. The third kappa shape index (κ3) is 3.11. The molecule has 0 bridgehead atoms. The van der Waals surface area contributed by atoms with Crippen LogP contribution in [0.4, 0.5) is 0 Å². The number of sulfone groups is 1. The molecule has 2 aliphatic rings. The van der Waals surface area contributed by atoms with Gasteiger partial charge in [-0.25, -0.2) is 8.42 Å². The maximum atomic E-state index is 12.5. The molecule has 1 aromatic rings. The summed E-state index contributed by atoms with van der Waals surface area (Å²) in [5.74, 6) is 0.451. The molecule has 0 unspecified atom stereocenters. The van der Waals surface area contributed by atoms with Crippen LogP contribution in [0.5, 0.6) is 0 Å². The lowest BCUT2D eigenvalue weighted by molar-refractivity contribution is -0.128. The number of carbonyl (C=O) groups is 1. The third-order valence-corrected chi connectivity index (χ3v) is 7.20. The first kappa shape index (κ1) is 15.3. The minimum Gasteiger partial charge on any atom is -0.465 e. The highest BCUT2D eigenvalue weighted by molar-refractivity contribution is 7.92. The van der Waals surface area contributed by atoms with Crippen molar-refractivity contribution >= 4 is 21.8 Å². The summed E-state index contributed by atoms with van der Waals surface area (Å²) in [5.41, 5.74) is 0. The second-order valence-corrected chi connectivity index (χ2v) is 8.57. The Labute approximate surface area is 130 Å². The van der Waals surface area contributed by atoms with Crippen LogP contribution in [0.25, 0.3) is 6.08 Å². The molecule has 120 valence electrons. The van der Waals surface area contributed by atoms with Gasteiger partial charge in [-0.1, -0.05) is 19.3 Å². The summed E-state index contributed by atoms with van der Waals surface area (Å²) in [6.45, 7) is 0.639. The highest BCUT2D eigenvalue weighted by Gasteiger charge is 2.43. The van der Waals surface area contributed by atoms with Crippen molar-refractivity contribution < 1.29 is 17.6 Å². The fraction of sp³-hybridized carbons (Fsp3) is 0.562. The third-order valence-electron chi connectivity index (χ3n) is 4.57. The summed E-state index contributed by atoms with van der Waals surface area (Å²) >= 11 is 0. The second-order valence-electron chi connectivity index (χ2n) is 6.06. The summed E-state index contributed by atoms with van der Waals surface area (Å²) < 4.78 is 30.1. The molecule has 1 saturated carbocycles. The molecule has 0 aromatic carbocycles. The van der Waals surface area contributed by atoms with Gasteiger partial charge in [0, 0.05) is 19.2 Å². The number of carbonyl (C=O) groups excluding carboxylic acids is 1. The van der Waals surface area contributed by atoms with Gasteiger partial charge in [-0.05, 0) is 31.1 Å². The van der Waals surface area contributed by atoms with E-state index in [1.165, 1.54) is 6.08 Å². The predicted molar refractivity (Wildman–Crippen MR) is 83.9 cm³/mol. The van der Waals surface area contributed by atoms with Crippen LogP contribution in [0, 0.1) is 0 Å². The summed E-state index contributed by atoms with van der Waals surface area (Å²) in [7, 11) is -3.09. The van der Waals surface area contributed by atoms with Gasteiger partial charge in [-0.2, -0.15) is 0 Å². The standard InChI is InChI=1S/C16H21NO4S/c18-16(9-8-13-5-4-10-21-13)17-11-15(12-17)22(19,20)14-6-2-1-3-7-14/h4-5,8-10,14-15H,1-3,6-7,11-12H2/b9-8+. The molecule has 1 aromatic heterocycles. The smallest absolute Gasteiger partial charge is 0.246 e. The lowest BCUT2D eigenvalue weighted by Crippen LogP contribution is -2.58. The van der Waals surface area contributed by atoms with Crippen LogP contribution in [0.15, 0.2) is 28.9 Å². The molecule has 22 heavy (non-hydrogen) atoms. The van der Waals surface area contributed by atoms with E-state index in [1.807, 2.05) is 0 Å². The zero-order valence-corrected chi connectivity index (χ0v) is 13.3. The largest absolute Gasteiger partial charge is 0.465 e. The van der Waals surface area contributed by atoms with E-state index in [0.29, 0.717) is 18.8 Å². The van der Waals surface area contributed by atoms with Crippen LogP contribution in [-0.2, 0) is 14.6 Å². The Morgan fingerprint density at radius 1 is 1.18 bits per heavy atom. The Morgan fingerprint density at radius 2 is 1.91 bits per heavy atom. The quantitative estimate of drug-likeness (QED) is 0.797. The molecule has 1 aliphatic carbocycles. The maximum absolute atomic E-state index is 12.5. The summed E-state index contributed by atoms with van der Waals surface area (Å²) in [4.78, 5) is 13.5. The molecule has 1 aliphatic heterocycles. The Morgan fingerprint density at radius 3 is 2.55 bits per heavy atom. The van der Waals surface area contributed by atoms with Gasteiger partial charge in [0.25, 0.3) is 0 Å². The number of rotatable bonds is 4. The van der Waals surface area contributed by atoms with E-state index in [4.69, 9.17) is 4.42 Å². The van der Waals surface area contributed by atoms with E-state index in [9.17, 15) is 13.2 Å². The van der Waals surface area contributed by atoms with Crippen LogP contribution in [0.2, 0.25) is 0 Å². The summed E-state index contributed by atoms with van der Waals surface area (Å²) in [6.07, 6.45) is 9.29. The van der Waals surface area contributed by atoms with E-state index in [2.05, 4.69) is 0 Å². The number of furan rings is 1. The van der Waals surface area contributed by atoms with Gasteiger partial charge >= 0.3 is 0 Å². The van der Waals surface area contributed by atoms with Crippen molar-refractivity contribution in [2.24, 2.45) is 0 Å². The SMILES string of the molecule is O=C(/C=C/c1ccco1)N1CC(S(=O)(=O)C2CCCCC2)C1. The van der Waals surface area contributed by atoms with Crippen molar-refractivity contribution in [3.05, 3.63) is 30.2 Å². The maximum Gasteiger partial charge on any atom is 0.246 e. The van der Waals surface area contributed by atoms with Crippen LogP contribution in [0.3, 0.4) is 0 Å². The molecule has 2 fully saturated rings. The van der Waals surface area contributed by atoms with Crippen LogP contribution in [-0.4, -0.2) is 42.8 Å². The van der Waals surface area contributed by atoms with Crippen molar-refractivity contribution in [3.8, 4) is 0 Å². The molecular formula is C16H21NO4S. The Kier molecular flexibility index (Phi) is 4.38. The number of hydrogen-bond donors (Lipinski definition) is 0. The molecule has 2 heterocycles. The highest BCUT2D eigenvalue weighted by atomic mass is 32.2. The molecule has 5 nitrogen and oxygen atoms in total. The van der Waals surface area contributed by atoms with E-state index in [1.54, 1.807) is 29.4 Å². The van der Waals surface area contributed by atoms with Gasteiger partial charge < -0.3 is 9.32 Å². The van der Waals surface area contributed by atoms with Crippen molar-refractivity contribution in [1.82, 2.24) is 4.90 Å². The number of nitrogens with zero attached hydrogens (tertiary/aromatic N) is 1. The fourth-order valence-corrected chi connectivity index (χ4v) is 5.45. The first-order chi connectivity index (χ1) is 10.6. The van der Waals surface area contributed by atoms with E-state index >= 15 is 0 Å². The van der Waals surface area contributed by atoms with Gasteiger partial charge in [0.05, 0.1) is 16.8 Å². The summed E-state index contributed by atoms with van der Waals surface area (Å²) in [6, 6.07) is 3.51. The molecule has 1 saturated heterocycles. The van der Waals surface area contributed by atoms with Crippen LogP contribution < -0.4 is 0 Å². The first-order valence-electron chi connectivity index (χ1n) is 7.80. The molecular weight excluding hydrogens is 302 g/mol. The molecule has 3 rings (SSSR count). The van der Waals surface area contributed by atoms with Gasteiger partial charge in [-0.3, -0.25) is 4.79 Å². The topological polar surface area (TPSA) is 67.6 Å². The molecule has 1 amide bonds. The van der Waals surface area contributed by atoms with E-state index < -0.39 is 9.84 Å². The van der Waals surface area contributed by atoms with Gasteiger partial charge in [0.2, 0.25) is 5.91 Å². The Hall–Kier alpha value is -1.56. The molecule has 0 radical (unpaired) electrons. The molecule has 6 heteroatoms. The number of hydrogen-bond acceptors (Lipinski definition) is 4. The number of amides is 1. The monoisotopic (exact) mass is 323 g/mol. The second kappa shape index (κ2) is 6.28. The zero-order valence-electron chi connectivity index (χ0n) is 12.5. The van der Waals surface area contributed by atoms with E-state index in [0.717, 1.165) is 32.1 Å². The van der Waals surface area contributed by atoms with Gasteiger partial charge in [0.1, 0.15) is 5.76 Å². The van der Waals surface area contributed by atoms with Gasteiger partial charge in [-0.15, -0.1) is 0 Å². The number of likely N-dealkylation sites (tertiary alicyclic amines) is 1. The predicted octanol–water partition coefficient (Wildman–Crippen LogP) is 2.25. The molecule has 0 atom stereocenters.